The lowest BCUT2D eigenvalue weighted by atomic mass is 10.0. The maximum Gasteiger partial charge on any atom is 0.297 e. The van der Waals surface area contributed by atoms with Gasteiger partial charge in [-0.2, -0.15) is 0 Å². The van der Waals surface area contributed by atoms with Crippen molar-refractivity contribution < 1.29 is 4.74 Å². The van der Waals surface area contributed by atoms with E-state index in [-0.39, 0.29) is 11.5 Å². The van der Waals surface area contributed by atoms with Crippen molar-refractivity contribution in [2.24, 2.45) is 0 Å². The molecule has 1 N–H and O–H groups in total. The third-order valence-corrected chi connectivity index (χ3v) is 4.21. The standard InChI is InChI=1S/C21H23N3O2/c1-3-26-19-12-8-7-11-18(19)24-14-13-22-20(21(24)25)23-15-16(2)17-9-5-4-6-10-17/h4-14,16H,3,15H2,1-2H3,(H,22,23)/t16-/m0/s1. The van der Waals surface area contributed by atoms with Crippen LogP contribution in [0, 0.1) is 0 Å². The summed E-state index contributed by atoms with van der Waals surface area (Å²) in [6.07, 6.45) is 3.28. The van der Waals surface area contributed by atoms with Crippen molar-refractivity contribution in [1.29, 1.82) is 0 Å². The SMILES string of the molecule is CCOc1ccccc1-n1ccnc(NC[C@H](C)c2ccccc2)c1=O. The fourth-order valence-electron chi connectivity index (χ4n) is 2.81. The van der Waals surface area contributed by atoms with Crippen LogP contribution in [0.2, 0.25) is 0 Å². The molecule has 0 amide bonds. The molecular formula is C21H23N3O2. The molecule has 3 aromatic rings. The molecule has 0 unspecified atom stereocenters. The molecule has 0 aliphatic heterocycles. The third-order valence-electron chi connectivity index (χ3n) is 4.21. The van der Waals surface area contributed by atoms with E-state index in [0.29, 0.717) is 30.4 Å². The van der Waals surface area contributed by atoms with E-state index < -0.39 is 0 Å². The highest BCUT2D eigenvalue weighted by atomic mass is 16.5. The van der Waals surface area contributed by atoms with Gasteiger partial charge in [-0.1, -0.05) is 49.4 Å². The minimum Gasteiger partial charge on any atom is -0.492 e. The fourth-order valence-corrected chi connectivity index (χ4v) is 2.81. The number of nitrogens with zero attached hydrogens (tertiary/aromatic N) is 2. The maximum absolute atomic E-state index is 12.9. The van der Waals surface area contributed by atoms with Crippen molar-refractivity contribution in [3.8, 4) is 11.4 Å². The van der Waals surface area contributed by atoms with Crippen molar-refractivity contribution in [1.82, 2.24) is 9.55 Å². The molecule has 1 aromatic heterocycles. The van der Waals surface area contributed by atoms with Gasteiger partial charge in [0.15, 0.2) is 5.82 Å². The molecule has 0 bridgehead atoms. The number of hydrogen-bond acceptors (Lipinski definition) is 4. The van der Waals surface area contributed by atoms with Crippen LogP contribution in [0.3, 0.4) is 0 Å². The van der Waals surface area contributed by atoms with Gasteiger partial charge >= 0.3 is 0 Å². The number of anilines is 1. The molecule has 0 aliphatic rings. The van der Waals surface area contributed by atoms with Crippen LogP contribution in [0.15, 0.2) is 71.8 Å². The maximum atomic E-state index is 12.9. The molecule has 26 heavy (non-hydrogen) atoms. The number of para-hydroxylation sites is 2. The Morgan fingerprint density at radius 3 is 2.62 bits per heavy atom. The van der Waals surface area contributed by atoms with Gasteiger partial charge in [0.1, 0.15) is 5.75 Å². The molecule has 0 saturated carbocycles. The van der Waals surface area contributed by atoms with Gasteiger partial charge in [0, 0.05) is 18.9 Å². The molecule has 5 heteroatoms. The predicted octanol–water partition coefficient (Wildman–Crippen LogP) is 3.85. The normalized spacial score (nSPS) is 11.8. The van der Waals surface area contributed by atoms with Crippen LogP contribution in [0.5, 0.6) is 5.75 Å². The Bertz CT molecular complexity index is 906. The molecule has 5 nitrogen and oxygen atoms in total. The summed E-state index contributed by atoms with van der Waals surface area (Å²) in [5.74, 6) is 1.27. The summed E-state index contributed by atoms with van der Waals surface area (Å²) in [7, 11) is 0. The first-order valence-corrected chi connectivity index (χ1v) is 8.79. The van der Waals surface area contributed by atoms with Crippen LogP contribution >= 0.6 is 0 Å². The smallest absolute Gasteiger partial charge is 0.297 e. The second-order valence-corrected chi connectivity index (χ2v) is 6.04. The van der Waals surface area contributed by atoms with Crippen molar-refractivity contribution in [2.45, 2.75) is 19.8 Å². The van der Waals surface area contributed by atoms with Gasteiger partial charge in [-0.3, -0.25) is 9.36 Å². The van der Waals surface area contributed by atoms with E-state index in [1.54, 1.807) is 17.0 Å². The third kappa shape index (κ3) is 3.94. The van der Waals surface area contributed by atoms with E-state index in [4.69, 9.17) is 4.74 Å². The number of rotatable bonds is 7. The van der Waals surface area contributed by atoms with Crippen molar-refractivity contribution in [3.63, 3.8) is 0 Å². The van der Waals surface area contributed by atoms with Crippen LogP contribution in [0.25, 0.3) is 5.69 Å². The van der Waals surface area contributed by atoms with Crippen molar-refractivity contribution in [3.05, 3.63) is 82.9 Å². The van der Waals surface area contributed by atoms with Gasteiger partial charge in [-0.15, -0.1) is 0 Å². The number of hydrogen-bond donors (Lipinski definition) is 1. The number of nitrogens with one attached hydrogen (secondary N) is 1. The summed E-state index contributed by atoms with van der Waals surface area (Å²) in [5.41, 5.74) is 1.73. The van der Waals surface area contributed by atoms with E-state index in [1.165, 1.54) is 5.56 Å². The first kappa shape index (κ1) is 17.7. The molecule has 0 saturated heterocycles. The monoisotopic (exact) mass is 349 g/mol. The van der Waals surface area contributed by atoms with E-state index in [0.717, 1.165) is 0 Å². The largest absolute Gasteiger partial charge is 0.492 e. The zero-order chi connectivity index (χ0) is 18.4. The molecule has 3 rings (SSSR count). The topological polar surface area (TPSA) is 56.1 Å². The summed E-state index contributed by atoms with van der Waals surface area (Å²) in [6.45, 7) is 5.21. The van der Waals surface area contributed by atoms with Gasteiger partial charge in [0.25, 0.3) is 5.56 Å². The Morgan fingerprint density at radius 2 is 1.85 bits per heavy atom. The van der Waals surface area contributed by atoms with E-state index >= 15 is 0 Å². The van der Waals surface area contributed by atoms with Gasteiger partial charge < -0.3 is 10.1 Å². The summed E-state index contributed by atoms with van der Waals surface area (Å²) >= 11 is 0. The number of ether oxygens (including phenoxy) is 1. The van der Waals surface area contributed by atoms with Crippen LogP contribution < -0.4 is 15.6 Å². The quantitative estimate of drug-likeness (QED) is 0.704. The van der Waals surface area contributed by atoms with Crippen LogP contribution in [0.1, 0.15) is 25.3 Å². The summed E-state index contributed by atoms with van der Waals surface area (Å²) in [6, 6.07) is 17.7. The molecule has 134 valence electrons. The summed E-state index contributed by atoms with van der Waals surface area (Å²) < 4.78 is 7.20. The van der Waals surface area contributed by atoms with Gasteiger partial charge in [0.2, 0.25) is 0 Å². The molecule has 1 atom stereocenters. The lowest BCUT2D eigenvalue weighted by Gasteiger charge is -2.15. The summed E-state index contributed by atoms with van der Waals surface area (Å²) in [4.78, 5) is 17.1. The Balaban J connectivity index is 1.83. The average molecular weight is 349 g/mol. The second-order valence-electron chi connectivity index (χ2n) is 6.04. The highest BCUT2D eigenvalue weighted by Crippen LogP contribution is 2.21. The minimum absolute atomic E-state index is 0.195. The number of aromatic nitrogens is 2. The molecule has 0 aliphatic carbocycles. The molecular weight excluding hydrogens is 326 g/mol. The van der Waals surface area contributed by atoms with Crippen molar-refractivity contribution >= 4 is 5.82 Å². The molecule has 1 heterocycles. The van der Waals surface area contributed by atoms with Crippen LogP contribution in [-0.4, -0.2) is 22.7 Å². The zero-order valence-electron chi connectivity index (χ0n) is 15.1. The van der Waals surface area contributed by atoms with Crippen LogP contribution in [-0.2, 0) is 0 Å². The summed E-state index contributed by atoms with van der Waals surface area (Å²) in [5, 5.41) is 3.19. The minimum atomic E-state index is -0.195. The molecule has 0 spiro atoms. The first-order chi connectivity index (χ1) is 12.7. The number of benzene rings is 2. The first-order valence-electron chi connectivity index (χ1n) is 8.79. The lowest BCUT2D eigenvalue weighted by molar-refractivity contribution is 0.339. The van der Waals surface area contributed by atoms with Crippen molar-refractivity contribution in [2.75, 3.05) is 18.5 Å². The highest BCUT2D eigenvalue weighted by molar-refractivity contribution is 5.48. The van der Waals surface area contributed by atoms with Gasteiger partial charge in [-0.05, 0) is 30.5 Å². The Hall–Kier alpha value is -3.08. The zero-order valence-corrected chi connectivity index (χ0v) is 15.1. The van der Waals surface area contributed by atoms with Crippen LogP contribution in [0.4, 0.5) is 5.82 Å². The molecule has 2 aromatic carbocycles. The predicted molar refractivity (Wildman–Crippen MR) is 104 cm³/mol. The van der Waals surface area contributed by atoms with E-state index in [2.05, 4.69) is 29.4 Å². The highest BCUT2D eigenvalue weighted by Gasteiger charge is 2.12. The Kier molecular flexibility index (Phi) is 5.69. The van der Waals surface area contributed by atoms with E-state index in [1.807, 2.05) is 49.4 Å². The fraction of sp³-hybridized carbons (Fsp3) is 0.238. The van der Waals surface area contributed by atoms with Gasteiger partial charge in [0.05, 0.1) is 12.3 Å². The molecule has 0 fully saturated rings. The molecule has 0 radical (unpaired) electrons. The Morgan fingerprint density at radius 1 is 1.12 bits per heavy atom. The van der Waals surface area contributed by atoms with Gasteiger partial charge in [-0.25, -0.2) is 4.98 Å². The average Bonchev–Trinajstić information content (AvgIpc) is 2.68. The van der Waals surface area contributed by atoms with E-state index in [9.17, 15) is 4.79 Å². The lowest BCUT2D eigenvalue weighted by Crippen LogP contribution is -2.25. The Labute approximate surface area is 153 Å². The second kappa shape index (κ2) is 8.34.